The molecule has 3 heterocycles. The number of amides is 1. The highest BCUT2D eigenvalue weighted by atomic mass is 16.3. The van der Waals surface area contributed by atoms with Crippen LogP contribution < -0.4 is 5.32 Å². The normalized spacial score (nSPS) is 26.2. The van der Waals surface area contributed by atoms with Gasteiger partial charge in [0.25, 0.3) is 0 Å². The maximum Gasteiger partial charge on any atom is 0.223 e. The van der Waals surface area contributed by atoms with Crippen LogP contribution >= 0.6 is 0 Å². The largest absolute Gasteiger partial charge is 0.446 e. The highest BCUT2D eigenvalue weighted by Gasteiger charge is 2.34. The molecule has 138 valence electrons. The number of carbonyl (C=O) groups excluding carboxylic acids is 1. The van der Waals surface area contributed by atoms with E-state index in [0.29, 0.717) is 24.2 Å². The van der Waals surface area contributed by atoms with Gasteiger partial charge in [0.1, 0.15) is 12.3 Å². The molecule has 5 heteroatoms. The molecule has 0 bridgehead atoms. The zero-order valence-electron chi connectivity index (χ0n) is 15.2. The second kappa shape index (κ2) is 7.90. The molecule has 4 rings (SSSR count). The lowest BCUT2D eigenvalue weighted by molar-refractivity contribution is -0.133. The first kappa shape index (κ1) is 17.1. The summed E-state index contributed by atoms with van der Waals surface area (Å²) in [4.78, 5) is 19.7. The summed E-state index contributed by atoms with van der Waals surface area (Å²) in [6.07, 6.45) is 13.3. The van der Waals surface area contributed by atoms with Crippen LogP contribution in [0.15, 0.2) is 10.7 Å². The number of likely N-dealkylation sites (tertiary alicyclic amines) is 1. The Labute approximate surface area is 150 Å². The minimum atomic E-state index is 0.0616. The average Bonchev–Trinajstić information content (AvgIpc) is 3.32. The Morgan fingerprint density at radius 3 is 2.72 bits per heavy atom. The summed E-state index contributed by atoms with van der Waals surface area (Å²) in [5.74, 6) is 2.17. The van der Waals surface area contributed by atoms with Crippen molar-refractivity contribution in [2.45, 2.75) is 76.2 Å². The van der Waals surface area contributed by atoms with E-state index in [9.17, 15) is 4.79 Å². The van der Waals surface area contributed by atoms with E-state index in [1.807, 2.05) is 11.2 Å². The Balaban J connectivity index is 1.40. The number of hydrogen-bond acceptors (Lipinski definition) is 4. The molecule has 0 aromatic carbocycles. The summed E-state index contributed by atoms with van der Waals surface area (Å²) in [7, 11) is 0. The van der Waals surface area contributed by atoms with Gasteiger partial charge in [-0.05, 0) is 57.5 Å². The van der Waals surface area contributed by atoms with Gasteiger partial charge >= 0.3 is 0 Å². The fraction of sp³-hybridized carbons (Fsp3) is 0.800. The number of carbonyl (C=O) groups is 1. The van der Waals surface area contributed by atoms with Crippen molar-refractivity contribution in [3.05, 3.63) is 17.8 Å². The fourth-order valence-corrected chi connectivity index (χ4v) is 4.81. The van der Waals surface area contributed by atoms with Crippen LogP contribution in [0.3, 0.4) is 0 Å². The molecule has 2 aliphatic heterocycles. The number of rotatable bonds is 4. The molecule has 3 aliphatic rings. The number of oxazole rings is 1. The quantitative estimate of drug-likeness (QED) is 0.902. The summed E-state index contributed by atoms with van der Waals surface area (Å²) in [6.45, 7) is 2.95. The Hall–Kier alpha value is -1.36. The number of piperidine rings is 1. The highest BCUT2D eigenvalue weighted by molar-refractivity contribution is 5.77. The molecule has 1 N–H and O–H groups in total. The molecule has 1 aromatic rings. The van der Waals surface area contributed by atoms with Crippen LogP contribution in [-0.4, -0.2) is 35.4 Å². The van der Waals surface area contributed by atoms with Crippen LogP contribution in [-0.2, 0) is 4.79 Å². The molecule has 5 nitrogen and oxygen atoms in total. The zero-order valence-corrected chi connectivity index (χ0v) is 15.2. The van der Waals surface area contributed by atoms with Gasteiger partial charge in [-0.25, -0.2) is 4.98 Å². The number of nitrogens with one attached hydrogen (secondary N) is 1. The van der Waals surface area contributed by atoms with E-state index in [0.717, 1.165) is 56.9 Å². The van der Waals surface area contributed by atoms with Crippen molar-refractivity contribution < 1.29 is 9.21 Å². The Bertz CT molecular complexity index is 573. The third-order valence-electron chi connectivity index (χ3n) is 6.34. The van der Waals surface area contributed by atoms with Gasteiger partial charge in [0.15, 0.2) is 0 Å². The SMILES string of the molecule is O=C(CC1CCNCC1)N1CCCC1c1nc(C2CCCCC2)co1. The third-order valence-corrected chi connectivity index (χ3v) is 6.34. The summed E-state index contributed by atoms with van der Waals surface area (Å²) in [5.41, 5.74) is 1.12. The van der Waals surface area contributed by atoms with Gasteiger partial charge in [0.05, 0.1) is 5.69 Å². The molecule has 3 fully saturated rings. The third kappa shape index (κ3) is 3.91. The van der Waals surface area contributed by atoms with Crippen LogP contribution in [0.2, 0.25) is 0 Å². The molecule has 1 aliphatic carbocycles. The second-order valence-corrected chi connectivity index (χ2v) is 8.09. The standard InChI is InChI=1S/C20H31N3O2/c24-19(13-15-8-10-21-11-9-15)23-12-4-7-18(23)20-22-17(14-25-20)16-5-2-1-3-6-16/h14-16,18,21H,1-13H2. The summed E-state index contributed by atoms with van der Waals surface area (Å²) in [5, 5.41) is 3.38. The van der Waals surface area contributed by atoms with Crippen molar-refractivity contribution in [2.24, 2.45) is 5.92 Å². The molecule has 1 unspecified atom stereocenters. The molecule has 2 saturated heterocycles. The predicted molar refractivity (Wildman–Crippen MR) is 96.2 cm³/mol. The monoisotopic (exact) mass is 345 g/mol. The minimum absolute atomic E-state index is 0.0616. The lowest BCUT2D eigenvalue weighted by Gasteiger charge is -2.27. The van der Waals surface area contributed by atoms with Crippen molar-refractivity contribution in [3.63, 3.8) is 0 Å². The molecule has 0 spiro atoms. The summed E-state index contributed by atoms with van der Waals surface area (Å²) >= 11 is 0. The van der Waals surface area contributed by atoms with Crippen molar-refractivity contribution in [2.75, 3.05) is 19.6 Å². The van der Waals surface area contributed by atoms with Crippen molar-refractivity contribution in [1.82, 2.24) is 15.2 Å². The van der Waals surface area contributed by atoms with E-state index in [-0.39, 0.29) is 6.04 Å². The van der Waals surface area contributed by atoms with Crippen LogP contribution in [0.4, 0.5) is 0 Å². The van der Waals surface area contributed by atoms with Gasteiger partial charge in [-0.3, -0.25) is 4.79 Å². The lowest BCUT2D eigenvalue weighted by Crippen LogP contribution is -2.35. The predicted octanol–water partition coefficient (Wildman–Crippen LogP) is 3.78. The molecule has 1 amide bonds. The molecular formula is C20H31N3O2. The van der Waals surface area contributed by atoms with Crippen LogP contribution in [0.5, 0.6) is 0 Å². The zero-order chi connectivity index (χ0) is 17.1. The topological polar surface area (TPSA) is 58.4 Å². The van der Waals surface area contributed by atoms with Crippen LogP contribution in [0.1, 0.15) is 87.8 Å². The van der Waals surface area contributed by atoms with Gasteiger partial charge in [0, 0.05) is 18.9 Å². The first-order valence-electron chi connectivity index (χ1n) is 10.3. The van der Waals surface area contributed by atoms with Gasteiger partial charge in [-0.1, -0.05) is 19.3 Å². The number of nitrogens with zero attached hydrogens (tertiary/aromatic N) is 2. The first-order valence-corrected chi connectivity index (χ1v) is 10.3. The van der Waals surface area contributed by atoms with Crippen molar-refractivity contribution in [3.8, 4) is 0 Å². The molecule has 1 saturated carbocycles. The van der Waals surface area contributed by atoms with E-state index in [1.165, 1.54) is 32.1 Å². The summed E-state index contributed by atoms with van der Waals surface area (Å²) in [6, 6.07) is 0.0616. The Kier molecular flexibility index (Phi) is 5.39. The Morgan fingerprint density at radius 2 is 1.92 bits per heavy atom. The first-order chi connectivity index (χ1) is 12.3. The molecule has 1 atom stereocenters. The second-order valence-electron chi connectivity index (χ2n) is 8.09. The maximum absolute atomic E-state index is 12.8. The van der Waals surface area contributed by atoms with Crippen LogP contribution in [0, 0.1) is 5.92 Å². The smallest absolute Gasteiger partial charge is 0.223 e. The molecular weight excluding hydrogens is 314 g/mol. The molecule has 1 aromatic heterocycles. The van der Waals surface area contributed by atoms with E-state index < -0.39 is 0 Å². The fourth-order valence-electron chi connectivity index (χ4n) is 4.81. The lowest BCUT2D eigenvalue weighted by atomic mass is 9.87. The number of aromatic nitrogens is 1. The van der Waals surface area contributed by atoms with Crippen LogP contribution in [0.25, 0.3) is 0 Å². The minimum Gasteiger partial charge on any atom is -0.446 e. The van der Waals surface area contributed by atoms with E-state index in [1.54, 1.807) is 0 Å². The van der Waals surface area contributed by atoms with E-state index in [2.05, 4.69) is 5.32 Å². The average molecular weight is 345 g/mol. The van der Waals surface area contributed by atoms with Crippen molar-refractivity contribution in [1.29, 1.82) is 0 Å². The van der Waals surface area contributed by atoms with E-state index in [4.69, 9.17) is 9.40 Å². The summed E-state index contributed by atoms with van der Waals surface area (Å²) < 4.78 is 5.86. The van der Waals surface area contributed by atoms with Gasteiger partial charge < -0.3 is 14.6 Å². The Morgan fingerprint density at radius 1 is 1.12 bits per heavy atom. The van der Waals surface area contributed by atoms with Gasteiger partial charge in [0.2, 0.25) is 11.8 Å². The maximum atomic E-state index is 12.8. The van der Waals surface area contributed by atoms with Crippen molar-refractivity contribution >= 4 is 5.91 Å². The highest BCUT2D eigenvalue weighted by Crippen LogP contribution is 2.36. The van der Waals surface area contributed by atoms with E-state index >= 15 is 0 Å². The molecule has 25 heavy (non-hydrogen) atoms. The molecule has 0 radical (unpaired) electrons. The number of hydrogen-bond donors (Lipinski definition) is 1. The van der Waals surface area contributed by atoms with Gasteiger partial charge in [-0.2, -0.15) is 0 Å². The van der Waals surface area contributed by atoms with Gasteiger partial charge in [-0.15, -0.1) is 0 Å².